The Labute approximate surface area is 193 Å². The van der Waals surface area contributed by atoms with Crippen LogP contribution in [0.3, 0.4) is 0 Å². The van der Waals surface area contributed by atoms with Crippen LogP contribution in [0.5, 0.6) is 0 Å². The highest BCUT2D eigenvalue weighted by Gasteiger charge is 2.30. The number of carboxylic acid groups (broad SMARTS) is 1. The quantitative estimate of drug-likeness (QED) is 0.649. The van der Waals surface area contributed by atoms with Crippen LogP contribution in [0.25, 0.3) is 11.1 Å². The number of carboxylic acids is 1. The number of amides is 2. The number of nitrogens with zero attached hydrogens (tertiary/aromatic N) is 1. The zero-order valence-corrected chi connectivity index (χ0v) is 19.3. The molecule has 0 saturated heterocycles. The van der Waals surface area contributed by atoms with Gasteiger partial charge in [-0.25, -0.2) is 14.4 Å². The number of carbonyl (C=O) groups excluding carboxylic acids is 2. The fraction of sp³-hybridized carbons (Fsp3) is 0.400. The van der Waals surface area contributed by atoms with Crippen LogP contribution in [0.15, 0.2) is 48.5 Å². The maximum atomic E-state index is 12.4. The van der Waals surface area contributed by atoms with E-state index in [0.717, 1.165) is 22.3 Å². The predicted octanol–water partition coefficient (Wildman–Crippen LogP) is 4.24. The smallest absolute Gasteiger partial charge is 0.410 e. The molecule has 2 amide bonds. The molecule has 33 heavy (non-hydrogen) atoms. The van der Waals surface area contributed by atoms with Gasteiger partial charge in [0.15, 0.2) is 0 Å². The molecule has 1 aliphatic carbocycles. The zero-order valence-electron chi connectivity index (χ0n) is 19.3. The summed E-state index contributed by atoms with van der Waals surface area (Å²) in [5.74, 6) is -1.33. The third kappa shape index (κ3) is 6.03. The van der Waals surface area contributed by atoms with Crippen molar-refractivity contribution in [1.29, 1.82) is 0 Å². The van der Waals surface area contributed by atoms with Gasteiger partial charge in [0.05, 0.1) is 0 Å². The largest absolute Gasteiger partial charge is 0.480 e. The number of rotatable bonds is 7. The van der Waals surface area contributed by atoms with Crippen molar-refractivity contribution in [2.75, 3.05) is 20.2 Å². The molecule has 176 valence electrons. The van der Waals surface area contributed by atoms with Gasteiger partial charge in [-0.2, -0.15) is 0 Å². The van der Waals surface area contributed by atoms with Gasteiger partial charge < -0.3 is 24.8 Å². The van der Waals surface area contributed by atoms with Crippen LogP contribution in [0.1, 0.15) is 44.2 Å². The van der Waals surface area contributed by atoms with Crippen molar-refractivity contribution >= 4 is 18.2 Å². The SMILES string of the molecule is CN(CCC(NC(=O)OCC1c2ccccc2-c2ccccc21)C(=O)O)C(=O)OC(C)(C)C. The van der Waals surface area contributed by atoms with Crippen molar-refractivity contribution in [2.24, 2.45) is 0 Å². The summed E-state index contributed by atoms with van der Waals surface area (Å²) in [5, 5.41) is 11.9. The van der Waals surface area contributed by atoms with Crippen molar-refractivity contribution in [2.45, 2.75) is 44.8 Å². The highest BCUT2D eigenvalue weighted by atomic mass is 16.6. The molecule has 8 heteroatoms. The van der Waals surface area contributed by atoms with Crippen molar-refractivity contribution in [3.05, 3.63) is 59.7 Å². The molecule has 2 N–H and O–H groups in total. The maximum absolute atomic E-state index is 12.4. The Morgan fingerprint density at radius 1 is 1.03 bits per heavy atom. The number of hydrogen-bond acceptors (Lipinski definition) is 5. The predicted molar refractivity (Wildman–Crippen MR) is 123 cm³/mol. The molecule has 0 aromatic heterocycles. The van der Waals surface area contributed by atoms with E-state index in [2.05, 4.69) is 5.32 Å². The number of aliphatic carboxylic acids is 1. The molecule has 0 radical (unpaired) electrons. The average molecular weight is 455 g/mol. The molecule has 0 bridgehead atoms. The molecule has 1 aliphatic rings. The monoisotopic (exact) mass is 454 g/mol. The highest BCUT2D eigenvalue weighted by molar-refractivity contribution is 5.81. The molecular formula is C25H30N2O6. The normalized spacial score (nSPS) is 13.5. The molecule has 3 rings (SSSR count). The van der Waals surface area contributed by atoms with Gasteiger partial charge in [0.25, 0.3) is 0 Å². The summed E-state index contributed by atoms with van der Waals surface area (Å²) in [6.45, 7) is 5.42. The Balaban J connectivity index is 1.57. The number of hydrogen-bond donors (Lipinski definition) is 2. The number of fused-ring (bicyclic) bond motifs is 3. The molecule has 1 unspecified atom stereocenters. The van der Waals surface area contributed by atoms with E-state index in [1.54, 1.807) is 20.8 Å². The Morgan fingerprint density at radius 3 is 2.09 bits per heavy atom. The van der Waals surface area contributed by atoms with Gasteiger partial charge in [-0.1, -0.05) is 48.5 Å². The molecule has 0 spiro atoms. The lowest BCUT2D eigenvalue weighted by Crippen LogP contribution is -2.44. The van der Waals surface area contributed by atoms with Crippen LogP contribution in [0, 0.1) is 0 Å². The van der Waals surface area contributed by atoms with E-state index in [1.165, 1.54) is 11.9 Å². The van der Waals surface area contributed by atoms with Crippen LogP contribution in [0.4, 0.5) is 9.59 Å². The first-order chi connectivity index (χ1) is 15.6. The highest BCUT2D eigenvalue weighted by Crippen LogP contribution is 2.44. The number of benzene rings is 2. The minimum Gasteiger partial charge on any atom is -0.480 e. The number of nitrogens with one attached hydrogen (secondary N) is 1. The molecule has 8 nitrogen and oxygen atoms in total. The van der Waals surface area contributed by atoms with Crippen molar-refractivity contribution in [3.63, 3.8) is 0 Å². The van der Waals surface area contributed by atoms with E-state index in [-0.39, 0.29) is 25.5 Å². The molecular weight excluding hydrogens is 424 g/mol. The summed E-state index contributed by atoms with van der Waals surface area (Å²) in [7, 11) is 1.51. The molecule has 2 aromatic carbocycles. The summed E-state index contributed by atoms with van der Waals surface area (Å²) in [6.07, 6.45) is -1.37. The van der Waals surface area contributed by atoms with Gasteiger partial charge in [0.2, 0.25) is 0 Å². The lowest BCUT2D eigenvalue weighted by molar-refractivity contribution is -0.139. The van der Waals surface area contributed by atoms with Gasteiger partial charge in [0.1, 0.15) is 18.2 Å². The Kier molecular flexibility index (Phi) is 7.26. The van der Waals surface area contributed by atoms with E-state index in [4.69, 9.17) is 9.47 Å². The molecule has 1 atom stereocenters. The van der Waals surface area contributed by atoms with Crippen LogP contribution in [0.2, 0.25) is 0 Å². The second kappa shape index (κ2) is 9.94. The standard InChI is InChI=1S/C25H30N2O6/c1-25(2,3)33-24(31)27(4)14-13-21(22(28)29)26-23(30)32-15-20-18-11-7-5-9-16(18)17-10-6-8-12-19(17)20/h5-12,20-21H,13-15H2,1-4H3,(H,26,30)(H,28,29). The summed E-state index contributed by atoms with van der Waals surface area (Å²) in [6, 6.07) is 14.7. The van der Waals surface area contributed by atoms with Crippen LogP contribution in [-0.4, -0.2) is 60.0 Å². The Morgan fingerprint density at radius 2 is 1.58 bits per heavy atom. The fourth-order valence-corrected chi connectivity index (χ4v) is 3.79. The van der Waals surface area contributed by atoms with Crippen LogP contribution < -0.4 is 5.32 Å². The number of alkyl carbamates (subject to hydrolysis) is 1. The lowest BCUT2D eigenvalue weighted by atomic mass is 9.98. The maximum Gasteiger partial charge on any atom is 0.410 e. The summed E-state index contributed by atoms with van der Waals surface area (Å²) in [5.41, 5.74) is 3.70. The van der Waals surface area contributed by atoms with Crippen molar-refractivity contribution in [3.8, 4) is 11.1 Å². The van der Waals surface area contributed by atoms with Gasteiger partial charge in [-0.3, -0.25) is 0 Å². The van der Waals surface area contributed by atoms with Gasteiger partial charge in [0, 0.05) is 19.5 Å². The molecule has 0 heterocycles. The van der Waals surface area contributed by atoms with Gasteiger partial charge in [-0.15, -0.1) is 0 Å². The minimum absolute atomic E-state index is 0.00920. The average Bonchev–Trinajstić information content (AvgIpc) is 3.07. The molecule has 0 fully saturated rings. The van der Waals surface area contributed by atoms with Crippen molar-refractivity contribution in [1.82, 2.24) is 10.2 Å². The first kappa shape index (κ1) is 24.1. The van der Waals surface area contributed by atoms with E-state index in [9.17, 15) is 19.5 Å². The third-order valence-electron chi connectivity index (χ3n) is 5.39. The van der Waals surface area contributed by atoms with E-state index in [0.29, 0.717) is 0 Å². The fourth-order valence-electron chi connectivity index (χ4n) is 3.79. The zero-order chi connectivity index (χ0) is 24.2. The summed E-state index contributed by atoms with van der Waals surface area (Å²) >= 11 is 0. The van der Waals surface area contributed by atoms with E-state index < -0.39 is 29.8 Å². The van der Waals surface area contributed by atoms with Crippen LogP contribution >= 0.6 is 0 Å². The molecule has 2 aromatic rings. The second-order valence-electron chi connectivity index (χ2n) is 9.05. The number of carbonyl (C=O) groups is 3. The second-order valence-corrected chi connectivity index (χ2v) is 9.05. The van der Waals surface area contributed by atoms with Gasteiger partial charge >= 0.3 is 18.2 Å². The number of ether oxygens (including phenoxy) is 2. The van der Waals surface area contributed by atoms with Crippen molar-refractivity contribution < 1.29 is 29.0 Å². The minimum atomic E-state index is -1.21. The molecule has 0 aliphatic heterocycles. The van der Waals surface area contributed by atoms with Crippen LogP contribution in [-0.2, 0) is 14.3 Å². The Bertz CT molecular complexity index is 984. The first-order valence-corrected chi connectivity index (χ1v) is 10.8. The lowest BCUT2D eigenvalue weighted by Gasteiger charge is -2.25. The topological polar surface area (TPSA) is 105 Å². The van der Waals surface area contributed by atoms with E-state index >= 15 is 0 Å². The summed E-state index contributed by atoms with van der Waals surface area (Å²) in [4.78, 5) is 37.4. The third-order valence-corrected chi connectivity index (χ3v) is 5.39. The Hall–Kier alpha value is -3.55. The first-order valence-electron chi connectivity index (χ1n) is 10.8. The van der Waals surface area contributed by atoms with Gasteiger partial charge in [-0.05, 0) is 49.4 Å². The summed E-state index contributed by atoms with van der Waals surface area (Å²) < 4.78 is 10.7. The molecule has 0 saturated carbocycles. The van der Waals surface area contributed by atoms with E-state index in [1.807, 2.05) is 48.5 Å².